The summed E-state index contributed by atoms with van der Waals surface area (Å²) < 4.78 is 5.22. The van der Waals surface area contributed by atoms with Crippen molar-refractivity contribution < 1.29 is 30.0 Å². The molecule has 1 fully saturated rings. The maximum Gasteiger partial charge on any atom is 0.222 e. The summed E-state index contributed by atoms with van der Waals surface area (Å²) in [6, 6.07) is 0. The van der Waals surface area contributed by atoms with E-state index in [0.717, 1.165) is 6.42 Å². The molecule has 0 spiro atoms. The predicted octanol–water partition coefficient (Wildman–Crippen LogP) is -2.09. The van der Waals surface area contributed by atoms with Crippen LogP contribution >= 0.6 is 0 Å². The lowest BCUT2D eigenvalue weighted by Gasteiger charge is -2.40. The molecular weight excluding hydrogens is 292 g/mol. The van der Waals surface area contributed by atoms with Gasteiger partial charge in [0.1, 0.15) is 24.4 Å². The molecule has 7 N–H and O–H groups in total. The average Bonchev–Trinajstić information content (AvgIpc) is 2.46. The van der Waals surface area contributed by atoms with E-state index in [2.05, 4.69) is 5.32 Å². The number of aliphatic hydroxyl groups is 4. The van der Waals surface area contributed by atoms with E-state index in [4.69, 9.17) is 15.6 Å². The van der Waals surface area contributed by atoms with Gasteiger partial charge in [0.05, 0.1) is 6.61 Å². The van der Waals surface area contributed by atoms with Crippen molar-refractivity contribution in [3.8, 4) is 0 Å². The molecule has 8 heteroatoms. The minimum absolute atomic E-state index is 0.0184. The summed E-state index contributed by atoms with van der Waals surface area (Å²) in [4.78, 5) is 12.0. The quantitative estimate of drug-likeness (QED) is 0.315. The van der Waals surface area contributed by atoms with Crippen molar-refractivity contribution in [2.24, 2.45) is 17.6 Å². The molecule has 1 aliphatic heterocycles. The van der Waals surface area contributed by atoms with Crippen molar-refractivity contribution in [1.29, 1.82) is 0 Å². The van der Waals surface area contributed by atoms with Gasteiger partial charge in [0.25, 0.3) is 0 Å². The fourth-order valence-electron chi connectivity index (χ4n) is 2.63. The van der Waals surface area contributed by atoms with Gasteiger partial charge in [0, 0.05) is 6.42 Å². The predicted molar refractivity (Wildman–Crippen MR) is 78.5 cm³/mol. The summed E-state index contributed by atoms with van der Waals surface area (Å²) in [6.07, 6.45) is -5.64. The van der Waals surface area contributed by atoms with Gasteiger partial charge in [-0.15, -0.1) is 0 Å². The van der Waals surface area contributed by atoms with Gasteiger partial charge in [-0.1, -0.05) is 13.8 Å². The maximum atomic E-state index is 12.0. The van der Waals surface area contributed by atoms with Crippen molar-refractivity contribution in [3.05, 3.63) is 0 Å². The third kappa shape index (κ3) is 5.15. The molecule has 8 nitrogen and oxygen atoms in total. The van der Waals surface area contributed by atoms with Crippen molar-refractivity contribution >= 4 is 5.91 Å². The number of nitrogens with one attached hydrogen (secondary N) is 1. The molecule has 1 saturated heterocycles. The van der Waals surface area contributed by atoms with Crippen LogP contribution in [0.2, 0.25) is 0 Å². The summed E-state index contributed by atoms with van der Waals surface area (Å²) in [5.41, 5.74) is 5.65. The highest BCUT2D eigenvalue weighted by Crippen LogP contribution is 2.20. The molecule has 0 unspecified atom stereocenters. The number of aliphatic hydroxyl groups excluding tert-OH is 4. The van der Waals surface area contributed by atoms with Gasteiger partial charge in [0.2, 0.25) is 5.91 Å². The smallest absolute Gasteiger partial charge is 0.222 e. The van der Waals surface area contributed by atoms with Crippen molar-refractivity contribution in [3.63, 3.8) is 0 Å². The summed E-state index contributed by atoms with van der Waals surface area (Å²) in [7, 11) is 0. The standard InChI is InChI=1S/C14H28N2O6/c1-7(2)3-8(5-15)4-10(18)16-14-13(21)12(20)11(19)9(6-17)22-14/h7-9,11-14,17,19-21H,3-6,15H2,1-2H3,(H,16,18)/t8-,9+,11+,12-,13+,14+/m0/s1. The second-order valence-corrected chi connectivity index (χ2v) is 6.25. The van der Waals surface area contributed by atoms with Crippen molar-refractivity contribution in [2.75, 3.05) is 13.2 Å². The number of hydrogen-bond donors (Lipinski definition) is 6. The van der Waals surface area contributed by atoms with Crippen LogP contribution in [0.15, 0.2) is 0 Å². The van der Waals surface area contributed by atoms with E-state index in [1.807, 2.05) is 13.8 Å². The number of rotatable bonds is 7. The summed E-state index contributed by atoms with van der Waals surface area (Å²) >= 11 is 0. The van der Waals surface area contributed by atoms with Crippen LogP contribution in [0.25, 0.3) is 0 Å². The molecule has 6 atom stereocenters. The Bertz CT molecular complexity index is 352. The van der Waals surface area contributed by atoms with Crippen molar-refractivity contribution in [1.82, 2.24) is 5.32 Å². The van der Waals surface area contributed by atoms with E-state index in [9.17, 15) is 20.1 Å². The highest BCUT2D eigenvalue weighted by molar-refractivity contribution is 5.76. The number of ether oxygens (including phenoxy) is 1. The minimum atomic E-state index is -1.50. The molecule has 130 valence electrons. The van der Waals surface area contributed by atoms with Gasteiger partial charge < -0.3 is 36.2 Å². The number of hydrogen-bond acceptors (Lipinski definition) is 7. The molecule has 0 radical (unpaired) electrons. The largest absolute Gasteiger partial charge is 0.394 e. The highest BCUT2D eigenvalue weighted by atomic mass is 16.6. The number of nitrogens with two attached hydrogens (primary N) is 1. The van der Waals surface area contributed by atoms with Gasteiger partial charge in [-0.3, -0.25) is 4.79 Å². The lowest BCUT2D eigenvalue weighted by atomic mass is 9.93. The Hall–Kier alpha value is -0.770. The van der Waals surface area contributed by atoms with Crippen LogP contribution in [0.4, 0.5) is 0 Å². The maximum absolute atomic E-state index is 12.0. The monoisotopic (exact) mass is 320 g/mol. The molecule has 0 aromatic carbocycles. The van der Waals surface area contributed by atoms with Crippen LogP contribution in [0.5, 0.6) is 0 Å². The van der Waals surface area contributed by atoms with Gasteiger partial charge in [-0.05, 0) is 24.8 Å². The first-order valence-electron chi connectivity index (χ1n) is 7.60. The zero-order chi connectivity index (χ0) is 16.9. The van der Waals surface area contributed by atoms with E-state index in [0.29, 0.717) is 12.5 Å². The van der Waals surface area contributed by atoms with E-state index >= 15 is 0 Å². The van der Waals surface area contributed by atoms with Gasteiger partial charge in [0.15, 0.2) is 6.23 Å². The Balaban J connectivity index is 2.58. The van der Waals surface area contributed by atoms with E-state index in [-0.39, 0.29) is 18.2 Å². The van der Waals surface area contributed by atoms with Gasteiger partial charge in [-0.2, -0.15) is 0 Å². The van der Waals surface area contributed by atoms with E-state index in [1.54, 1.807) is 0 Å². The van der Waals surface area contributed by atoms with Crippen LogP contribution in [-0.2, 0) is 9.53 Å². The lowest BCUT2D eigenvalue weighted by molar-refractivity contribution is -0.236. The molecule has 1 amide bonds. The Morgan fingerprint density at radius 2 is 1.86 bits per heavy atom. The average molecular weight is 320 g/mol. The molecule has 22 heavy (non-hydrogen) atoms. The Kier molecular flexibility index (Phi) is 7.67. The molecule has 0 aromatic heterocycles. The molecule has 1 rings (SSSR count). The molecule has 0 bridgehead atoms. The second kappa shape index (κ2) is 8.76. The minimum Gasteiger partial charge on any atom is -0.394 e. The normalized spacial score (nSPS) is 33.7. The SMILES string of the molecule is CC(C)C[C@H](CN)CC(=O)N[C@@H]1O[C@H](CO)[C@@H](O)[C@H](O)[C@H]1O. The summed E-state index contributed by atoms with van der Waals surface area (Å²) in [5.74, 6) is 0.0684. The molecule has 0 aliphatic carbocycles. The number of amides is 1. The zero-order valence-corrected chi connectivity index (χ0v) is 13.1. The summed E-state index contributed by atoms with van der Waals surface area (Å²) in [6.45, 7) is 3.92. The molecule has 1 aliphatic rings. The van der Waals surface area contributed by atoms with E-state index < -0.39 is 37.3 Å². The number of carbonyl (C=O) groups excluding carboxylic acids is 1. The second-order valence-electron chi connectivity index (χ2n) is 6.25. The van der Waals surface area contributed by atoms with Crippen LogP contribution in [0, 0.1) is 11.8 Å². The van der Waals surface area contributed by atoms with Gasteiger partial charge >= 0.3 is 0 Å². The Morgan fingerprint density at radius 3 is 2.36 bits per heavy atom. The van der Waals surface area contributed by atoms with Crippen LogP contribution in [0.1, 0.15) is 26.7 Å². The van der Waals surface area contributed by atoms with Crippen LogP contribution in [0.3, 0.4) is 0 Å². The molecule has 0 saturated carbocycles. The molecular formula is C14H28N2O6. The lowest BCUT2D eigenvalue weighted by Crippen LogP contribution is -2.63. The van der Waals surface area contributed by atoms with Crippen LogP contribution < -0.4 is 11.1 Å². The fraction of sp³-hybridized carbons (Fsp3) is 0.929. The first-order valence-corrected chi connectivity index (χ1v) is 7.60. The molecule has 1 heterocycles. The first kappa shape index (κ1) is 19.3. The zero-order valence-electron chi connectivity index (χ0n) is 13.1. The first-order chi connectivity index (χ1) is 10.3. The Morgan fingerprint density at radius 1 is 1.23 bits per heavy atom. The topological polar surface area (TPSA) is 145 Å². The fourth-order valence-corrected chi connectivity index (χ4v) is 2.63. The third-order valence-corrected chi connectivity index (χ3v) is 3.81. The highest BCUT2D eigenvalue weighted by Gasteiger charge is 2.43. The third-order valence-electron chi connectivity index (χ3n) is 3.81. The van der Waals surface area contributed by atoms with Gasteiger partial charge in [-0.25, -0.2) is 0 Å². The molecule has 0 aromatic rings. The summed E-state index contributed by atoms with van der Waals surface area (Å²) in [5, 5.41) is 40.8. The van der Waals surface area contributed by atoms with Crippen molar-refractivity contribution in [2.45, 2.75) is 57.3 Å². The van der Waals surface area contributed by atoms with E-state index in [1.165, 1.54) is 0 Å². The number of carbonyl (C=O) groups is 1. The Labute approximate surface area is 130 Å². The van der Waals surface area contributed by atoms with Crippen LogP contribution in [-0.4, -0.2) is 70.1 Å².